The number of rotatable bonds is 7. The molecule has 2 aromatic heterocycles. The number of benzene rings is 3. The minimum atomic E-state index is -0.257. The van der Waals surface area contributed by atoms with Crippen LogP contribution in [-0.4, -0.2) is 39.7 Å². The third-order valence-corrected chi connectivity index (χ3v) is 6.51. The highest BCUT2D eigenvalue weighted by Crippen LogP contribution is 2.35. The molecule has 0 aliphatic carbocycles. The van der Waals surface area contributed by atoms with Gasteiger partial charge in [0.25, 0.3) is 11.7 Å². The lowest BCUT2D eigenvalue weighted by atomic mass is 10.2. The van der Waals surface area contributed by atoms with Crippen LogP contribution in [0, 0.1) is 6.92 Å². The van der Waals surface area contributed by atoms with E-state index >= 15 is 0 Å². The van der Waals surface area contributed by atoms with Gasteiger partial charge in [0.2, 0.25) is 0 Å². The average molecular weight is 498 g/mol. The van der Waals surface area contributed by atoms with E-state index in [1.54, 1.807) is 29.8 Å². The molecule has 8 nitrogen and oxygen atoms in total. The molecule has 2 heterocycles. The van der Waals surface area contributed by atoms with Crippen molar-refractivity contribution < 1.29 is 14.3 Å². The number of anilines is 1. The molecule has 36 heavy (non-hydrogen) atoms. The van der Waals surface area contributed by atoms with Gasteiger partial charge in [-0.05, 0) is 43.3 Å². The Labute approximate surface area is 212 Å². The zero-order valence-corrected chi connectivity index (χ0v) is 20.7. The van der Waals surface area contributed by atoms with Crippen LogP contribution in [0.2, 0.25) is 0 Å². The van der Waals surface area contributed by atoms with Crippen molar-refractivity contribution in [3.8, 4) is 22.9 Å². The molecule has 1 amide bonds. The second-order valence-electron chi connectivity index (χ2n) is 7.87. The van der Waals surface area contributed by atoms with E-state index in [0.717, 1.165) is 21.2 Å². The molecular formula is C27H23N5O3S. The molecule has 0 aliphatic rings. The van der Waals surface area contributed by atoms with Crippen molar-refractivity contribution in [2.75, 3.05) is 19.5 Å². The molecule has 0 fully saturated rings. The third-order valence-electron chi connectivity index (χ3n) is 5.44. The van der Waals surface area contributed by atoms with E-state index in [9.17, 15) is 4.79 Å². The molecule has 0 bridgehead atoms. The Balaban J connectivity index is 1.46. The van der Waals surface area contributed by atoms with Crippen molar-refractivity contribution >= 4 is 29.1 Å². The van der Waals surface area contributed by atoms with E-state index in [4.69, 9.17) is 14.6 Å². The lowest BCUT2D eigenvalue weighted by molar-refractivity contribution is 0.102. The summed E-state index contributed by atoms with van der Waals surface area (Å²) in [5.74, 6) is 1.91. The zero-order chi connectivity index (χ0) is 25.1. The minimum Gasteiger partial charge on any atom is -0.493 e. The molecule has 0 atom stereocenters. The quantitative estimate of drug-likeness (QED) is 0.296. The van der Waals surface area contributed by atoms with Gasteiger partial charge in [0.1, 0.15) is 5.03 Å². The molecule has 0 saturated heterocycles. The van der Waals surface area contributed by atoms with Crippen molar-refractivity contribution in [1.82, 2.24) is 19.6 Å². The third kappa shape index (κ3) is 4.73. The number of carbonyl (C=O) groups is 1. The monoisotopic (exact) mass is 497 g/mol. The largest absolute Gasteiger partial charge is 0.493 e. The SMILES string of the molecule is COc1ccc(C(=O)Nc2ccccc2Sc2cc(C)nc3nc(-c4ccccc4)nn23)cc1OC. The summed E-state index contributed by atoms with van der Waals surface area (Å²) < 4.78 is 12.3. The molecule has 0 aliphatic heterocycles. The zero-order valence-electron chi connectivity index (χ0n) is 19.9. The fourth-order valence-corrected chi connectivity index (χ4v) is 4.72. The van der Waals surface area contributed by atoms with Gasteiger partial charge in [-0.1, -0.05) is 54.2 Å². The highest BCUT2D eigenvalue weighted by atomic mass is 32.2. The Morgan fingerprint density at radius 3 is 2.42 bits per heavy atom. The Kier molecular flexibility index (Phi) is 6.55. The van der Waals surface area contributed by atoms with Gasteiger partial charge in [-0.2, -0.15) is 9.50 Å². The number of para-hydroxylation sites is 1. The number of carbonyl (C=O) groups excluding carboxylic acids is 1. The number of methoxy groups -OCH3 is 2. The maximum Gasteiger partial charge on any atom is 0.255 e. The lowest BCUT2D eigenvalue weighted by Crippen LogP contribution is -2.12. The second kappa shape index (κ2) is 10.1. The maximum absolute atomic E-state index is 13.1. The second-order valence-corrected chi connectivity index (χ2v) is 8.93. The van der Waals surface area contributed by atoms with Crippen LogP contribution in [0.4, 0.5) is 5.69 Å². The fourth-order valence-electron chi connectivity index (χ4n) is 3.68. The Hall–Kier alpha value is -4.37. The first-order chi connectivity index (χ1) is 17.6. The van der Waals surface area contributed by atoms with E-state index in [1.807, 2.05) is 67.6 Å². The first-order valence-electron chi connectivity index (χ1n) is 11.2. The molecule has 0 radical (unpaired) electrons. The Morgan fingerprint density at radius 1 is 0.889 bits per heavy atom. The standard InChI is InChI=1S/C27H23N5O3S/c1-17-15-24(32-27(28-17)30-25(31-32)18-9-5-4-6-10-18)36-23-12-8-7-11-20(23)29-26(33)19-13-14-21(34-2)22(16-19)35-3/h4-16H,1-3H3,(H,29,33). The van der Waals surface area contributed by atoms with Crippen LogP contribution >= 0.6 is 11.8 Å². The normalized spacial score (nSPS) is 10.9. The molecule has 9 heteroatoms. The maximum atomic E-state index is 13.1. The summed E-state index contributed by atoms with van der Waals surface area (Å²) in [6, 6.07) is 24.4. The summed E-state index contributed by atoms with van der Waals surface area (Å²) in [6.45, 7) is 1.92. The van der Waals surface area contributed by atoms with Crippen molar-refractivity contribution in [3.63, 3.8) is 0 Å². The van der Waals surface area contributed by atoms with E-state index in [-0.39, 0.29) is 5.91 Å². The Bertz CT molecular complexity index is 1550. The average Bonchev–Trinajstić information content (AvgIpc) is 3.34. The van der Waals surface area contributed by atoms with Gasteiger partial charge >= 0.3 is 0 Å². The summed E-state index contributed by atoms with van der Waals surface area (Å²) in [5.41, 5.74) is 2.87. The molecule has 0 spiro atoms. The van der Waals surface area contributed by atoms with Gasteiger partial charge in [0, 0.05) is 21.7 Å². The number of nitrogens with zero attached hydrogens (tertiary/aromatic N) is 4. The van der Waals surface area contributed by atoms with Crippen LogP contribution < -0.4 is 14.8 Å². The van der Waals surface area contributed by atoms with Crippen molar-refractivity contribution in [3.05, 3.63) is 90.1 Å². The van der Waals surface area contributed by atoms with Crippen molar-refractivity contribution in [2.45, 2.75) is 16.8 Å². The number of aryl methyl sites for hydroxylation is 1. The van der Waals surface area contributed by atoms with E-state index in [2.05, 4.69) is 15.3 Å². The molecule has 5 rings (SSSR count). The molecular weight excluding hydrogens is 474 g/mol. The first-order valence-corrected chi connectivity index (χ1v) is 12.0. The van der Waals surface area contributed by atoms with Gasteiger partial charge in [-0.15, -0.1) is 5.10 Å². The van der Waals surface area contributed by atoms with Crippen LogP contribution in [-0.2, 0) is 0 Å². The number of fused-ring (bicyclic) bond motifs is 1. The molecule has 0 saturated carbocycles. The fraction of sp³-hybridized carbons (Fsp3) is 0.111. The van der Waals surface area contributed by atoms with Gasteiger partial charge in [-0.3, -0.25) is 4.79 Å². The lowest BCUT2D eigenvalue weighted by Gasteiger charge is -2.13. The number of hydrogen-bond donors (Lipinski definition) is 1. The minimum absolute atomic E-state index is 0.257. The van der Waals surface area contributed by atoms with E-state index in [1.165, 1.54) is 18.9 Å². The van der Waals surface area contributed by atoms with Crippen LogP contribution in [0.1, 0.15) is 16.1 Å². The number of hydrogen-bond acceptors (Lipinski definition) is 7. The van der Waals surface area contributed by atoms with Crippen LogP contribution in [0.5, 0.6) is 11.5 Å². The predicted molar refractivity (Wildman–Crippen MR) is 139 cm³/mol. The van der Waals surface area contributed by atoms with Crippen LogP contribution in [0.3, 0.4) is 0 Å². The topological polar surface area (TPSA) is 90.6 Å². The van der Waals surface area contributed by atoms with Gasteiger partial charge in [0.15, 0.2) is 17.3 Å². The van der Waals surface area contributed by atoms with Gasteiger partial charge in [0.05, 0.1) is 19.9 Å². The highest BCUT2D eigenvalue weighted by Gasteiger charge is 2.16. The number of ether oxygens (including phenoxy) is 2. The van der Waals surface area contributed by atoms with Crippen molar-refractivity contribution in [2.24, 2.45) is 0 Å². The predicted octanol–water partition coefficient (Wildman–Crippen LogP) is 5.52. The van der Waals surface area contributed by atoms with E-state index < -0.39 is 0 Å². The van der Waals surface area contributed by atoms with Crippen molar-refractivity contribution in [1.29, 1.82) is 0 Å². The molecule has 1 N–H and O–H groups in total. The summed E-state index contributed by atoms with van der Waals surface area (Å²) in [5, 5.41) is 8.55. The first kappa shape index (κ1) is 23.4. The van der Waals surface area contributed by atoms with Gasteiger partial charge in [-0.25, -0.2) is 4.98 Å². The molecule has 5 aromatic rings. The molecule has 3 aromatic carbocycles. The van der Waals surface area contributed by atoms with Crippen LogP contribution in [0.15, 0.2) is 88.8 Å². The van der Waals surface area contributed by atoms with Crippen LogP contribution in [0.25, 0.3) is 17.2 Å². The summed E-state index contributed by atoms with van der Waals surface area (Å²) in [7, 11) is 3.09. The Morgan fingerprint density at radius 2 is 1.64 bits per heavy atom. The smallest absolute Gasteiger partial charge is 0.255 e. The number of nitrogens with one attached hydrogen (secondary N) is 1. The summed E-state index contributed by atoms with van der Waals surface area (Å²) in [6.07, 6.45) is 0. The summed E-state index contributed by atoms with van der Waals surface area (Å²) in [4.78, 5) is 23.1. The van der Waals surface area contributed by atoms with Gasteiger partial charge < -0.3 is 14.8 Å². The highest BCUT2D eigenvalue weighted by molar-refractivity contribution is 7.99. The number of amides is 1. The summed E-state index contributed by atoms with van der Waals surface area (Å²) >= 11 is 1.48. The number of aromatic nitrogens is 4. The molecule has 180 valence electrons. The molecule has 0 unspecified atom stereocenters. The van der Waals surface area contributed by atoms with E-state index in [0.29, 0.717) is 34.4 Å².